The number of amides is 3. The Labute approximate surface area is 372 Å². The van der Waals surface area contributed by atoms with Gasteiger partial charge in [-0.15, -0.1) is 0 Å². The van der Waals surface area contributed by atoms with Gasteiger partial charge in [0.2, 0.25) is 11.8 Å². The Hall–Kier alpha value is -5.10. The standard InChI is InChI=1S/C43H43F6N7O5S.H2S/c1-41(2)39(60)55(30-20-33(42(44,45)46)34(21-50)51-22-30)40(62)56(41)29-9-10-35(32(19-29)27-6-7-27)61-15-14-53-12-13-54(36(24-53)43(47,48)49)23-31(57)18-26-5-3-4-25(16-26)17-28-8-11-37(58)52-38(28)59;/h3-5,9-10,16,19-20,22,27-28,36H,6-8,11-15,17-18,23-24H2,1-2H3,(H,52,58,59);1H2/t28?,36-;/m0./s1. The van der Waals surface area contributed by atoms with Crippen molar-refractivity contribution in [3.05, 3.63) is 82.7 Å². The zero-order valence-corrected chi connectivity index (χ0v) is 36.1. The number of pyridine rings is 1. The number of thiocarbonyl (C=S) groups is 1. The second kappa shape index (κ2) is 18.6. The van der Waals surface area contributed by atoms with Crippen LogP contribution in [0.5, 0.6) is 5.75 Å². The number of imide groups is 1. The molecule has 1 N–H and O–H groups in total. The minimum absolute atomic E-state index is 0. The molecule has 1 aromatic heterocycles. The number of piperazine rings is 1. The molecule has 3 saturated heterocycles. The smallest absolute Gasteiger partial charge is 0.419 e. The third kappa shape index (κ3) is 10.5. The molecular formula is C43H45F6N7O5S2. The van der Waals surface area contributed by atoms with E-state index in [2.05, 4.69) is 10.3 Å². The van der Waals surface area contributed by atoms with Gasteiger partial charge in [0.1, 0.15) is 30.0 Å². The molecule has 0 spiro atoms. The Morgan fingerprint density at radius 2 is 1.73 bits per heavy atom. The van der Waals surface area contributed by atoms with Crippen molar-refractivity contribution in [3.8, 4) is 11.8 Å². The molecule has 1 unspecified atom stereocenters. The zero-order valence-electron chi connectivity index (χ0n) is 34.3. The van der Waals surface area contributed by atoms with E-state index in [0.29, 0.717) is 35.9 Å². The molecule has 0 radical (unpaired) electrons. The third-order valence-corrected chi connectivity index (χ3v) is 12.1. The first-order chi connectivity index (χ1) is 29.2. The van der Waals surface area contributed by atoms with E-state index in [0.717, 1.165) is 35.1 Å². The summed E-state index contributed by atoms with van der Waals surface area (Å²) in [4.78, 5) is 59.6. The van der Waals surface area contributed by atoms with E-state index < -0.39 is 41.1 Å². The molecule has 0 bridgehead atoms. The van der Waals surface area contributed by atoms with Crippen LogP contribution in [-0.4, -0.2) is 100 Å². The van der Waals surface area contributed by atoms with Crippen molar-refractivity contribution >= 4 is 65.7 Å². The second-order valence-electron chi connectivity index (χ2n) is 16.6. The van der Waals surface area contributed by atoms with Crippen LogP contribution in [0.4, 0.5) is 37.7 Å². The first-order valence-electron chi connectivity index (χ1n) is 20.1. The quantitative estimate of drug-likeness (QED) is 0.119. The van der Waals surface area contributed by atoms with Crippen LogP contribution >= 0.6 is 25.7 Å². The zero-order chi connectivity index (χ0) is 44.7. The maximum Gasteiger partial charge on any atom is 0.419 e. The molecule has 3 aromatic rings. The number of carbonyl (C=O) groups excluding carboxylic acids is 4. The van der Waals surface area contributed by atoms with Crippen LogP contribution in [-0.2, 0) is 38.2 Å². The fourth-order valence-electron chi connectivity index (χ4n) is 8.32. The van der Waals surface area contributed by atoms with Gasteiger partial charge in [0, 0.05) is 50.6 Å². The Morgan fingerprint density at radius 1 is 1.00 bits per heavy atom. The summed E-state index contributed by atoms with van der Waals surface area (Å²) in [5.74, 6) is -1.40. The summed E-state index contributed by atoms with van der Waals surface area (Å²) in [6.07, 6.45) is -5.85. The number of Topliss-reactive ketones (excluding diaryl/α,β-unsaturated/α-hetero) is 1. The third-order valence-electron chi connectivity index (χ3n) is 11.7. The lowest BCUT2D eigenvalue weighted by molar-refractivity contribution is -0.197. The van der Waals surface area contributed by atoms with Gasteiger partial charge >= 0.3 is 12.4 Å². The molecule has 4 fully saturated rings. The minimum atomic E-state index is -4.91. The van der Waals surface area contributed by atoms with Crippen LogP contribution in [0.1, 0.15) is 73.4 Å². The van der Waals surface area contributed by atoms with Gasteiger partial charge in [0.05, 0.1) is 24.0 Å². The molecule has 63 heavy (non-hydrogen) atoms. The van der Waals surface area contributed by atoms with Crippen LogP contribution < -0.4 is 19.9 Å². The van der Waals surface area contributed by atoms with Crippen molar-refractivity contribution in [2.45, 2.75) is 82.2 Å². The van der Waals surface area contributed by atoms with Gasteiger partial charge in [-0.1, -0.05) is 24.3 Å². The molecule has 1 saturated carbocycles. The number of hydrogen-bond donors (Lipinski definition) is 1. The van der Waals surface area contributed by atoms with Crippen molar-refractivity contribution < 1.29 is 50.3 Å². The highest BCUT2D eigenvalue weighted by Crippen LogP contribution is 2.47. The topological polar surface area (TPSA) is 139 Å². The highest BCUT2D eigenvalue weighted by molar-refractivity contribution is 7.81. The monoisotopic (exact) mass is 917 g/mol. The van der Waals surface area contributed by atoms with Crippen LogP contribution in [0.3, 0.4) is 0 Å². The number of anilines is 2. The lowest BCUT2D eigenvalue weighted by Crippen LogP contribution is -2.60. The fourth-order valence-corrected chi connectivity index (χ4v) is 8.84. The van der Waals surface area contributed by atoms with Crippen LogP contribution in [0.2, 0.25) is 0 Å². The van der Waals surface area contributed by atoms with Gasteiger partial charge in [0.15, 0.2) is 16.6 Å². The molecule has 3 aliphatic heterocycles. The van der Waals surface area contributed by atoms with E-state index in [1.165, 1.54) is 15.9 Å². The van der Waals surface area contributed by atoms with Crippen molar-refractivity contribution in [1.82, 2.24) is 20.1 Å². The summed E-state index contributed by atoms with van der Waals surface area (Å²) < 4.78 is 90.8. The van der Waals surface area contributed by atoms with Gasteiger partial charge in [-0.25, -0.2) is 4.98 Å². The van der Waals surface area contributed by atoms with Gasteiger partial charge in [0.25, 0.3) is 5.91 Å². The first kappa shape index (κ1) is 47.4. The van der Waals surface area contributed by atoms with E-state index in [4.69, 9.17) is 17.0 Å². The summed E-state index contributed by atoms with van der Waals surface area (Å²) in [7, 11) is 0. The molecule has 336 valence electrons. The average molecular weight is 918 g/mol. The summed E-state index contributed by atoms with van der Waals surface area (Å²) in [5, 5.41) is 11.4. The van der Waals surface area contributed by atoms with Crippen LogP contribution in [0.15, 0.2) is 54.7 Å². The largest absolute Gasteiger partial charge is 0.492 e. The number of carbonyl (C=O) groups is 4. The average Bonchev–Trinajstić information content (AvgIpc) is 4.03. The number of benzene rings is 2. The molecule has 2 atom stereocenters. The Morgan fingerprint density at radius 3 is 2.40 bits per heavy atom. The normalized spacial score (nSPS) is 20.9. The number of ether oxygens (including phenoxy) is 1. The van der Waals surface area contributed by atoms with Gasteiger partial charge < -0.3 is 9.64 Å². The van der Waals surface area contributed by atoms with Crippen molar-refractivity contribution in [1.29, 1.82) is 5.26 Å². The maximum atomic E-state index is 14.4. The molecule has 2 aromatic carbocycles. The molecule has 1 aliphatic carbocycles. The lowest BCUT2D eigenvalue weighted by atomic mass is 9.90. The number of rotatable bonds is 13. The Kier molecular flexibility index (Phi) is 14.0. The summed E-state index contributed by atoms with van der Waals surface area (Å²) in [6, 6.07) is 12.4. The van der Waals surface area contributed by atoms with E-state index >= 15 is 0 Å². The van der Waals surface area contributed by atoms with E-state index in [1.54, 1.807) is 55.1 Å². The van der Waals surface area contributed by atoms with Gasteiger partial charge in [-0.2, -0.15) is 45.1 Å². The van der Waals surface area contributed by atoms with Gasteiger partial charge in [-0.05, 0) is 98.6 Å². The number of ketones is 1. The summed E-state index contributed by atoms with van der Waals surface area (Å²) in [6.45, 7) is 2.93. The molecule has 7 rings (SSSR count). The number of nitrogens with one attached hydrogen (secondary N) is 1. The van der Waals surface area contributed by atoms with Crippen LogP contribution in [0, 0.1) is 17.2 Å². The maximum absolute atomic E-state index is 14.4. The fraction of sp³-hybridized carbons (Fsp3) is 0.465. The van der Waals surface area contributed by atoms with Crippen molar-refractivity contribution in [2.24, 2.45) is 5.92 Å². The number of nitriles is 1. The number of alkyl halides is 6. The number of piperidine rings is 1. The number of aromatic nitrogens is 1. The lowest BCUT2D eigenvalue weighted by Gasteiger charge is -2.41. The highest BCUT2D eigenvalue weighted by Gasteiger charge is 2.51. The summed E-state index contributed by atoms with van der Waals surface area (Å²) >= 11 is 5.68. The number of halogens is 6. The molecule has 3 amide bonds. The number of hydrogen-bond acceptors (Lipinski definition) is 10. The van der Waals surface area contributed by atoms with E-state index in [1.807, 2.05) is 6.07 Å². The first-order valence-corrected chi connectivity index (χ1v) is 20.5. The minimum Gasteiger partial charge on any atom is -0.492 e. The van der Waals surface area contributed by atoms with Gasteiger partial charge in [-0.3, -0.25) is 39.2 Å². The van der Waals surface area contributed by atoms with E-state index in [9.17, 15) is 50.8 Å². The Bertz CT molecular complexity index is 2330. The summed E-state index contributed by atoms with van der Waals surface area (Å²) in [5.41, 5.74) is -1.00. The molecule has 4 aliphatic rings. The predicted molar refractivity (Wildman–Crippen MR) is 227 cm³/mol. The Balaban J connectivity index is 0.00000661. The predicted octanol–water partition coefficient (Wildman–Crippen LogP) is 6.21. The highest BCUT2D eigenvalue weighted by atomic mass is 32.1. The van der Waals surface area contributed by atoms with E-state index in [-0.39, 0.29) is 106 Å². The molecule has 12 nitrogen and oxygen atoms in total. The SMILES string of the molecule is CC1(C)C(=O)N(c2cnc(C#N)c(C(F)(F)F)c2)C(=S)N1c1ccc(OCCN2CCN(CC(=O)Cc3cccc(CC4CCC(=O)NC4=O)c3)[C@H](C(F)(F)F)C2)c(C2CC2)c1.S. The van der Waals surface area contributed by atoms with Crippen molar-refractivity contribution in [3.63, 3.8) is 0 Å². The molecule has 20 heteroatoms. The van der Waals surface area contributed by atoms with Crippen molar-refractivity contribution in [2.75, 3.05) is 49.1 Å². The molecule has 4 heterocycles. The molecular weight excluding hydrogens is 873 g/mol. The number of nitrogens with zero attached hydrogens (tertiary/aromatic N) is 6. The second-order valence-corrected chi connectivity index (χ2v) is 16.9. The van der Waals surface area contributed by atoms with Crippen LogP contribution in [0.25, 0.3) is 0 Å².